The molecule has 0 aromatic heterocycles. The van der Waals surface area contributed by atoms with Crippen molar-refractivity contribution < 1.29 is 33.6 Å². The maximum Gasteiger partial charge on any atom is 0.407 e. The molecule has 0 radical (unpaired) electrons. The molecule has 4 aliphatic rings. The molecule has 4 aliphatic carbocycles. The molecule has 4 unspecified atom stereocenters. The summed E-state index contributed by atoms with van der Waals surface area (Å²) in [5, 5.41) is 14.1. The number of ketones is 1. The molecule has 3 aromatic carbocycles. The Hall–Kier alpha value is -4.14. The quantitative estimate of drug-likeness (QED) is 0.0349. The molecule has 0 bridgehead atoms. The van der Waals surface area contributed by atoms with Crippen LogP contribution in [0.25, 0.3) is 0 Å². The first-order chi connectivity index (χ1) is 37.8. The van der Waals surface area contributed by atoms with Gasteiger partial charge in [0.25, 0.3) is 0 Å². The summed E-state index contributed by atoms with van der Waals surface area (Å²) >= 11 is 0. The van der Waals surface area contributed by atoms with E-state index in [9.17, 15) is 14.7 Å². The van der Waals surface area contributed by atoms with Gasteiger partial charge in [-0.3, -0.25) is 4.79 Å². The van der Waals surface area contributed by atoms with Crippen molar-refractivity contribution >= 4 is 11.9 Å². The fourth-order valence-electron chi connectivity index (χ4n) is 15.6. The number of amides is 1. The third-order valence-electron chi connectivity index (χ3n) is 20.1. The van der Waals surface area contributed by atoms with Crippen LogP contribution in [0.1, 0.15) is 231 Å². The van der Waals surface area contributed by atoms with Crippen molar-refractivity contribution in [3.8, 4) is 11.5 Å². The number of benzene rings is 3. The average molecular weight is 1070 g/mol. The van der Waals surface area contributed by atoms with Crippen molar-refractivity contribution in [2.75, 3.05) is 27.4 Å². The first-order valence-corrected chi connectivity index (χ1v) is 31.6. The zero-order valence-corrected chi connectivity index (χ0v) is 49.8. The van der Waals surface area contributed by atoms with Gasteiger partial charge in [0.05, 0.1) is 26.9 Å². The van der Waals surface area contributed by atoms with E-state index in [0.29, 0.717) is 50.0 Å². The number of unbranched alkanes of at least 4 members (excludes halogenated alkanes) is 11. The molecule has 0 saturated heterocycles. The topological polar surface area (TPSA) is 103 Å². The van der Waals surface area contributed by atoms with E-state index in [1.54, 1.807) is 19.8 Å². The molecule has 0 aliphatic heterocycles. The van der Waals surface area contributed by atoms with E-state index < -0.39 is 11.7 Å². The number of aliphatic hydroxyl groups excluding tert-OH is 1. The summed E-state index contributed by atoms with van der Waals surface area (Å²) in [7, 11) is 3.34. The maximum absolute atomic E-state index is 12.9. The number of carbonyl (C=O) groups excluding carboxylic acids is 2. The zero-order valence-electron chi connectivity index (χ0n) is 49.8. The Morgan fingerprint density at radius 2 is 1.23 bits per heavy atom. The van der Waals surface area contributed by atoms with Crippen LogP contribution in [0.5, 0.6) is 11.5 Å². The SMILES string of the molecule is COc1ccc(C(OCCC(O)CCCCCCC(=O)CCCCCCCCCCCNC(=O)O[C@@H]2CC[C@]3(C)C(=CCC4C3CC[C@]3(C)C4CC[C@H]3[C@@H](C)CCCC(C)C)C2)(c2ccccc2)c2ccc(OC)cc2)cc1. The summed E-state index contributed by atoms with van der Waals surface area (Å²) in [5.74, 6) is 7.00. The first kappa shape index (κ1) is 61.5. The van der Waals surface area contributed by atoms with Gasteiger partial charge in [-0.1, -0.05) is 184 Å². The number of nitrogens with one attached hydrogen (secondary N) is 1. The van der Waals surface area contributed by atoms with E-state index in [-0.39, 0.29) is 17.6 Å². The number of hydrogen-bond donors (Lipinski definition) is 2. The molecule has 0 heterocycles. The van der Waals surface area contributed by atoms with Gasteiger partial charge in [0.2, 0.25) is 0 Å². The molecule has 8 nitrogen and oxygen atoms in total. The van der Waals surface area contributed by atoms with Gasteiger partial charge in [-0.25, -0.2) is 4.79 Å². The predicted molar refractivity (Wildman–Crippen MR) is 319 cm³/mol. The van der Waals surface area contributed by atoms with Gasteiger partial charge in [-0.2, -0.15) is 0 Å². The van der Waals surface area contributed by atoms with E-state index in [2.05, 4.69) is 82.4 Å². The van der Waals surface area contributed by atoms with Gasteiger partial charge in [-0.05, 0) is 164 Å². The number of methoxy groups -OCH3 is 2. The van der Waals surface area contributed by atoms with Crippen molar-refractivity contribution in [3.63, 3.8) is 0 Å². The highest BCUT2D eigenvalue weighted by atomic mass is 16.6. The van der Waals surface area contributed by atoms with Crippen molar-refractivity contribution in [1.29, 1.82) is 0 Å². The lowest BCUT2D eigenvalue weighted by Crippen LogP contribution is -2.51. The van der Waals surface area contributed by atoms with E-state index in [0.717, 1.165) is 134 Å². The van der Waals surface area contributed by atoms with Gasteiger partial charge >= 0.3 is 6.09 Å². The summed E-state index contributed by atoms with van der Waals surface area (Å²) in [6.07, 6.45) is 32.9. The number of hydrogen-bond acceptors (Lipinski definition) is 7. The average Bonchev–Trinajstić information content (AvgIpc) is 3.91. The van der Waals surface area contributed by atoms with Crippen LogP contribution in [0.4, 0.5) is 4.79 Å². The van der Waals surface area contributed by atoms with Crippen LogP contribution < -0.4 is 14.8 Å². The van der Waals surface area contributed by atoms with Crippen molar-refractivity contribution in [2.24, 2.45) is 46.3 Å². The largest absolute Gasteiger partial charge is 0.497 e. The van der Waals surface area contributed by atoms with Gasteiger partial charge in [0.15, 0.2) is 0 Å². The molecule has 9 atom stereocenters. The van der Waals surface area contributed by atoms with E-state index in [1.807, 2.05) is 42.5 Å². The Kier molecular flexibility index (Phi) is 24.1. The highest BCUT2D eigenvalue weighted by Crippen LogP contribution is 2.67. The van der Waals surface area contributed by atoms with Crippen LogP contribution in [0, 0.1) is 46.3 Å². The first-order valence-electron chi connectivity index (χ1n) is 31.6. The van der Waals surface area contributed by atoms with Crippen LogP contribution in [-0.2, 0) is 19.9 Å². The fourth-order valence-corrected chi connectivity index (χ4v) is 15.6. The summed E-state index contributed by atoms with van der Waals surface area (Å²) in [6, 6.07) is 26.3. The Labute approximate surface area is 473 Å². The highest BCUT2D eigenvalue weighted by molar-refractivity contribution is 5.78. The van der Waals surface area contributed by atoms with Crippen LogP contribution in [0.15, 0.2) is 90.5 Å². The molecule has 8 heteroatoms. The number of allylic oxidation sites excluding steroid dienone is 1. The second kappa shape index (κ2) is 30.6. The number of alkyl carbamates (subject to hydrolysis) is 1. The molecule has 2 N–H and O–H groups in total. The van der Waals surface area contributed by atoms with Crippen molar-refractivity contribution in [3.05, 3.63) is 107 Å². The lowest BCUT2D eigenvalue weighted by molar-refractivity contribution is -0.119. The van der Waals surface area contributed by atoms with Gasteiger partial charge in [0, 0.05) is 25.8 Å². The molecule has 3 fully saturated rings. The Morgan fingerprint density at radius 3 is 1.85 bits per heavy atom. The van der Waals surface area contributed by atoms with Gasteiger partial charge < -0.3 is 29.4 Å². The number of aliphatic hydroxyl groups is 1. The van der Waals surface area contributed by atoms with Gasteiger partial charge in [-0.15, -0.1) is 0 Å². The standard InChI is InChI=1S/C70H105NO7/c1-52(2)25-24-26-53(3)64-42-43-65-63-41-36-57-51-62(44-47-68(57,4)66(63)45-48-69(64,65)5)78-67(74)71-49-23-16-12-10-8-9-11-13-20-29-58(72)30-21-14-15-22-31-59(73)46-50-77-70(54-27-18-17-19-28-54,55-32-37-60(75-6)38-33-55)56-34-39-61(76-7)40-35-56/h17-19,27-28,32-40,52-53,59,62-66,73H,8-16,20-26,29-31,41-51H2,1-7H3,(H,71,74)/t53-,59?,62+,63?,64-,65?,66?,68+,69-/m0/s1. The molecule has 7 rings (SSSR count). The summed E-state index contributed by atoms with van der Waals surface area (Å²) in [4.78, 5) is 25.6. The van der Waals surface area contributed by atoms with Crippen LogP contribution >= 0.6 is 0 Å². The minimum atomic E-state index is -0.896. The predicted octanol–water partition coefficient (Wildman–Crippen LogP) is 17.7. The summed E-state index contributed by atoms with van der Waals surface area (Å²) in [5.41, 5.74) is 4.44. The van der Waals surface area contributed by atoms with Gasteiger partial charge in [0.1, 0.15) is 29.0 Å². The Bertz CT molecular complexity index is 2210. The van der Waals surface area contributed by atoms with E-state index >= 15 is 0 Å². The molecule has 0 spiro atoms. The Balaban J connectivity index is 0.679. The van der Waals surface area contributed by atoms with E-state index in [1.165, 1.54) is 83.5 Å². The third kappa shape index (κ3) is 16.3. The molecule has 3 saturated carbocycles. The second-order valence-corrected chi connectivity index (χ2v) is 25.7. The minimum Gasteiger partial charge on any atom is -0.497 e. The number of carbonyl (C=O) groups is 2. The molecule has 1 amide bonds. The molecular weight excluding hydrogens is 967 g/mol. The molecule has 3 aromatic rings. The third-order valence-corrected chi connectivity index (χ3v) is 20.1. The van der Waals surface area contributed by atoms with Crippen LogP contribution in [-0.4, -0.2) is 56.6 Å². The fraction of sp³-hybridized carbons (Fsp3) is 0.686. The number of Topliss-reactive ketones (excluding diaryl/α,β-unsaturated/α-hetero) is 1. The van der Waals surface area contributed by atoms with Crippen molar-refractivity contribution in [1.82, 2.24) is 5.32 Å². The zero-order chi connectivity index (χ0) is 55.4. The second-order valence-electron chi connectivity index (χ2n) is 25.7. The lowest BCUT2D eigenvalue weighted by atomic mass is 9.47. The molecular formula is C70H105NO7. The highest BCUT2D eigenvalue weighted by Gasteiger charge is 2.59. The smallest absolute Gasteiger partial charge is 0.407 e. The minimum absolute atomic E-state index is 0.00548. The maximum atomic E-state index is 12.9. The van der Waals surface area contributed by atoms with E-state index in [4.69, 9.17) is 18.9 Å². The molecule has 78 heavy (non-hydrogen) atoms. The monoisotopic (exact) mass is 1070 g/mol. The molecule has 432 valence electrons. The summed E-state index contributed by atoms with van der Waals surface area (Å²) in [6.45, 7) is 13.6. The lowest BCUT2D eigenvalue weighted by Gasteiger charge is -2.58. The number of rotatable bonds is 34. The van der Waals surface area contributed by atoms with Crippen molar-refractivity contribution in [2.45, 2.75) is 232 Å². The van der Waals surface area contributed by atoms with Crippen LogP contribution in [0.2, 0.25) is 0 Å². The normalized spacial score (nSPS) is 24.6. The number of ether oxygens (including phenoxy) is 4. The van der Waals surface area contributed by atoms with Crippen LogP contribution in [0.3, 0.4) is 0 Å². The number of fused-ring (bicyclic) bond motifs is 5. The Morgan fingerprint density at radius 1 is 0.641 bits per heavy atom. The summed E-state index contributed by atoms with van der Waals surface area (Å²) < 4.78 is 23.9.